The van der Waals surface area contributed by atoms with Crippen molar-refractivity contribution in [2.75, 3.05) is 0 Å². The minimum atomic E-state index is -2.88. The van der Waals surface area contributed by atoms with Crippen LogP contribution in [0.5, 0.6) is 0 Å². The normalized spacial score (nSPS) is 12.9. The zero-order valence-corrected chi connectivity index (χ0v) is 9.78. The molecule has 0 aliphatic carbocycles. The maximum absolute atomic E-state index is 9.83. The summed E-state index contributed by atoms with van der Waals surface area (Å²) in [6.45, 7) is 1.41. The van der Waals surface area contributed by atoms with Crippen molar-refractivity contribution >= 4 is 11.0 Å². The number of aromatic nitrogens is 2. The molecule has 0 spiro atoms. The molecule has 0 fully saturated rings. The van der Waals surface area contributed by atoms with Crippen LogP contribution >= 0.6 is 0 Å². The highest BCUT2D eigenvalue weighted by Crippen LogP contribution is 2.30. The van der Waals surface area contributed by atoms with Crippen LogP contribution in [0.3, 0.4) is 0 Å². The van der Waals surface area contributed by atoms with E-state index in [1.807, 2.05) is 0 Å². The van der Waals surface area contributed by atoms with E-state index >= 15 is 0 Å². The molecule has 1 aromatic heterocycles. The van der Waals surface area contributed by atoms with Crippen molar-refractivity contribution in [3.05, 3.63) is 36.2 Å². The fourth-order valence-corrected chi connectivity index (χ4v) is 1.58. The molecule has 0 saturated carbocycles. The Labute approximate surface area is 103 Å². The number of hydrogen-bond donors (Lipinski definition) is 4. The summed E-state index contributed by atoms with van der Waals surface area (Å²) in [4.78, 5) is 7.97. The topological polar surface area (TPSA) is 107 Å². The molecular weight excluding hydrogens is 236 g/mol. The molecule has 6 heteroatoms. The zero-order valence-electron chi connectivity index (χ0n) is 9.78. The van der Waals surface area contributed by atoms with Crippen molar-refractivity contribution in [3.63, 3.8) is 0 Å². The van der Waals surface area contributed by atoms with E-state index < -0.39 is 11.6 Å². The summed E-state index contributed by atoms with van der Waals surface area (Å²) in [5, 5.41) is 38.8. The van der Waals surface area contributed by atoms with Crippen LogP contribution in [-0.2, 0) is 5.79 Å². The molecule has 0 radical (unpaired) electrons. The number of fused-ring (bicyclic) bond motifs is 1. The van der Waals surface area contributed by atoms with Gasteiger partial charge in [-0.2, -0.15) is 0 Å². The Kier molecular flexibility index (Phi) is 3.04. The van der Waals surface area contributed by atoms with Gasteiger partial charge in [0.15, 0.2) is 0 Å². The Morgan fingerprint density at radius 2 is 1.67 bits per heavy atom. The highest BCUT2D eigenvalue weighted by Gasteiger charge is 2.48. The second kappa shape index (κ2) is 4.25. The van der Waals surface area contributed by atoms with Crippen LogP contribution in [0.25, 0.3) is 11.0 Å². The average molecular weight is 250 g/mol. The minimum absolute atomic E-state index is 0.269. The predicted molar refractivity (Wildman–Crippen MR) is 63.1 cm³/mol. The van der Waals surface area contributed by atoms with Crippen molar-refractivity contribution in [2.45, 2.75) is 24.9 Å². The van der Waals surface area contributed by atoms with Crippen LogP contribution in [-0.4, -0.2) is 36.2 Å². The molecule has 6 nitrogen and oxygen atoms in total. The number of rotatable bonds is 3. The van der Waals surface area contributed by atoms with E-state index in [1.54, 1.807) is 24.3 Å². The zero-order chi connectivity index (χ0) is 13.4. The Hall–Kier alpha value is -1.60. The summed E-state index contributed by atoms with van der Waals surface area (Å²) < 4.78 is 0. The third-order valence-corrected chi connectivity index (χ3v) is 2.86. The highest BCUT2D eigenvalue weighted by molar-refractivity contribution is 5.73. The van der Waals surface area contributed by atoms with E-state index in [2.05, 4.69) is 9.97 Å². The molecule has 4 N–H and O–H groups in total. The van der Waals surface area contributed by atoms with Crippen LogP contribution in [0.1, 0.15) is 19.0 Å². The van der Waals surface area contributed by atoms with Crippen molar-refractivity contribution in [2.24, 2.45) is 0 Å². The van der Waals surface area contributed by atoms with Gasteiger partial charge in [0.25, 0.3) is 5.79 Å². The Bertz CT molecular complexity index is 569. The monoisotopic (exact) mass is 250 g/mol. The highest BCUT2D eigenvalue weighted by atomic mass is 16.6. The minimum Gasteiger partial charge on any atom is -0.361 e. The average Bonchev–Trinajstić information content (AvgIpc) is 2.37. The molecule has 0 saturated heterocycles. The molecule has 0 amide bonds. The maximum Gasteiger partial charge on any atom is 0.264 e. The van der Waals surface area contributed by atoms with Crippen molar-refractivity contribution < 1.29 is 20.4 Å². The lowest BCUT2D eigenvalue weighted by Gasteiger charge is -2.33. The lowest BCUT2D eigenvalue weighted by molar-refractivity contribution is -0.368. The number of para-hydroxylation sites is 2. The van der Waals surface area contributed by atoms with E-state index in [0.717, 1.165) is 6.20 Å². The lowest BCUT2D eigenvalue weighted by atomic mass is 10.00. The van der Waals surface area contributed by atoms with Crippen LogP contribution in [0.2, 0.25) is 0 Å². The van der Waals surface area contributed by atoms with Gasteiger partial charge in [-0.05, 0) is 12.1 Å². The number of benzene rings is 1. The predicted octanol–water partition coefficient (Wildman–Crippen LogP) is -0.142. The van der Waals surface area contributed by atoms with Gasteiger partial charge in [0, 0.05) is 6.42 Å². The number of aliphatic hydroxyl groups is 4. The standard InChI is InChI=1S/C12H14N2O4/c1-2-11(15,16)12(17,18)10-7-13-8-5-3-4-6-9(8)14-10/h3-7,15-18H,2H2,1H3. The van der Waals surface area contributed by atoms with Crippen molar-refractivity contribution in [1.29, 1.82) is 0 Å². The van der Waals surface area contributed by atoms with Crippen LogP contribution in [0, 0.1) is 0 Å². The van der Waals surface area contributed by atoms with Gasteiger partial charge >= 0.3 is 0 Å². The summed E-state index contributed by atoms with van der Waals surface area (Å²) in [5.74, 6) is -5.57. The Morgan fingerprint density at radius 3 is 2.28 bits per heavy atom. The van der Waals surface area contributed by atoms with Gasteiger partial charge in [0.2, 0.25) is 5.79 Å². The van der Waals surface area contributed by atoms with E-state index in [-0.39, 0.29) is 12.1 Å². The molecule has 0 atom stereocenters. The Morgan fingerprint density at radius 1 is 1.06 bits per heavy atom. The summed E-state index contributed by atoms with van der Waals surface area (Å²) in [5.41, 5.74) is 0.706. The van der Waals surface area contributed by atoms with Gasteiger partial charge in [-0.25, -0.2) is 4.98 Å². The molecule has 0 aliphatic heterocycles. The van der Waals surface area contributed by atoms with Gasteiger partial charge in [-0.3, -0.25) is 4.98 Å². The fraction of sp³-hybridized carbons (Fsp3) is 0.333. The molecule has 0 aliphatic rings. The second-order valence-electron chi connectivity index (χ2n) is 4.09. The molecule has 0 bridgehead atoms. The van der Waals surface area contributed by atoms with Gasteiger partial charge in [-0.1, -0.05) is 19.1 Å². The third kappa shape index (κ3) is 1.95. The second-order valence-corrected chi connectivity index (χ2v) is 4.09. The molecule has 96 valence electrons. The summed E-state index contributed by atoms with van der Waals surface area (Å²) in [7, 11) is 0. The first-order valence-corrected chi connectivity index (χ1v) is 5.50. The third-order valence-electron chi connectivity index (χ3n) is 2.86. The quantitative estimate of drug-likeness (QED) is 0.565. The molecular formula is C12H14N2O4. The largest absolute Gasteiger partial charge is 0.361 e. The van der Waals surface area contributed by atoms with E-state index in [9.17, 15) is 20.4 Å². The SMILES string of the molecule is CCC(O)(O)C(O)(O)c1cnc2ccccc2n1. The van der Waals surface area contributed by atoms with E-state index in [4.69, 9.17) is 0 Å². The number of hydrogen-bond acceptors (Lipinski definition) is 6. The molecule has 2 rings (SSSR count). The summed E-state index contributed by atoms with van der Waals surface area (Å²) in [6.07, 6.45) is 0.841. The van der Waals surface area contributed by atoms with Crippen molar-refractivity contribution in [1.82, 2.24) is 9.97 Å². The number of nitrogens with zero attached hydrogens (tertiary/aromatic N) is 2. The lowest BCUT2D eigenvalue weighted by Crippen LogP contribution is -2.52. The molecule has 18 heavy (non-hydrogen) atoms. The van der Waals surface area contributed by atoms with E-state index in [0.29, 0.717) is 11.0 Å². The summed E-state index contributed by atoms with van der Waals surface area (Å²) in [6, 6.07) is 6.86. The van der Waals surface area contributed by atoms with E-state index in [1.165, 1.54) is 6.92 Å². The maximum atomic E-state index is 9.83. The summed E-state index contributed by atoms with van der Waals surface area (Å²) >= 11 is 0. The first-order chi connectivity index (χ1) is 8.38. The Balaban J connectivity index is 2.54. The molecule has 0 unspecified atom stereocenters. The fourth-order valence-electron chi connectivity index (χ4n) is 1.58. The van der Waals surface area contributed by atoms with Crippen LogP contribution in [0.4, 0.5) is 0 Å². The molecule has 1 aromatic carbocycles. The van der Waals surface area contributed by atoms with Gasteiger partial charge in [-0.15, -0.1) is 0 Å². The van der Waals surface area contributed by atoms with Gasteiger partial charge in [0.05, 0.1) is 17.2 Å². The van der Waals surface area contributed by atoms with Crippen LogP contribution in [0.15, 0.2) is 30.5 Å². The van der Waals surface area contributed by atoms with Crippen molar-refractivity contribution in [3.8, 4) is 0 Å². The molecule has 1 heterocycles. The van der Waals surface area contributed by atoms with Crippen LogP contribution < -0.4 is 0 Å². The smallest absolute Gasteiger partial charge is 0.264 e. The van der Waals surface area contributed by atoms with Gasteiger partial charge < -0.3 is 20.4 Å². The first kappa shape index (κ1) is 12.8. The van der Waals surface area contributed by atoms with Gasteiger partial charge in [0.1, 0.15) is 5.69 Å². The molecule has 2 aromatic rings. The first-order valence-electron chi connectivity index (χ1n) is 5.50.